The van der Waals surface area contributed by atoms with Gasteiger partial charge >= 0.3 is 0 Å². The number of hydrogen-bond acceptors (Lipinski definition) is 6. The number of nitrogens with zero attached hydrogens (tertiary/aromatic N) is 1. The van der Waals surface area contributed by atoms with Gasteiger partial charge in [0.25, 0.3) is 5.91 Å². The van der Waals surface area contributed by atoms with E-state index in [-0.39, 0.29) is 17.7 Å². The van der Waals surface area contributed by atoms with Crippen molar-refractivity contribution >= 4 is 23.2 Å². The van der Waals surface area contributed by atoms with Crippen molar-refractivity contribution in [1.29, 1.82) is 0 Å². The van der Waals surface area contributed by atoms with Crippen LogP contribution in [0.5, 0.6) is 17.2 Å². The predicted octanol–water partition coefficient (Wildman–Crippen LogP) is 3.11. The number of amides is 2. The van der Waals surface area contributed by atoms with E-state index in [1.54, 1.807) is 23.5 Å². The van der Waals surface area contributed by atoms with Crippen LogP contribution in [0.2, 0.25) is 0 Å². The maximum Gasteiger partial charge on any atom is 0.252 e. The number of thiophene rings is 1. The van der Waals surface area contributed by atoms with Crippen LogP contribution in [0.1, 0.15) is 34.6 Å². The van der Waals surface area contributed by atoms with Crippen molar-refractivity contribution in [2.24, 2.45) is 5.92 Å². The van der Waals surface area contributed by atoms with Crippen LogP contribution in [-0.4, -0.2) is 50.6 Å². The molecule has 1 atom stereocenters. The van der Waals surface area contributed by atoms with E-state index >= 15 is 0 Å². The Balaban J connectivity index is 1.80. The lowest BCUT2D eigenvalue weighted by Gasteiger charge is -2.32. The topological polar surface area (TPSA) is 77.1 Å². The molecule has 2 heterocycles. The molecule has 1 aliphatic rings. The molecule has 3 rings (SSSR count). The first-order chi connectivity index (χ1) is 14.4. The summed E-state index contributed by atoms with van der Waals surface area (Å²) in [5.41, 5.74) is 1.53. The van der Waals surface area contributed by atoms with Gasteiger partial charge in [0.1, 0.15) is 6.04 Å². The molecule has 30 heavy (non-hydrogen) atoms. The van der Waals surface area contributed by atoms with Gasteiger partial charge in [-0.2, -0.15) is 0 Å². The lowest BCUT2D eigenvalue weighted by Crippen LogP contribution is -2.52. The minimum Gasteiger partial charge on any atom is -0.493 e. The highest BCUT2D eigenvalue weighted by Gasteiger charge is 2.31. The normalized spacial score (nSPS) is 14.1. The first-order valence-corrected chi connectivity index (χ1v) is 10.7. The van der Waals surface area contributed by atoms with E-state index in [0.717, 1.165) is 6.42 Å². The van der Waals surface area contributed by atoms with E-state index in [0.29, 0.717) is 35.9 Å². The Morgan fingerprint density at radius 2 is 1.77 bits per heavy atom. The van der Waals surface area contributed by atoms with E-state index in [4.69, 9.17) is 14.2 Å². The Labute approximate surface area is 180 Å². The number of benzene rings is 1. The van der Waals surface area contributed by atoms with Gasteiger partial charge in [-0.25, -0.2) is 0 Å². The Morgan fingerprint density at radius 1 is 1.10 bits per heavy atom. The molecule has 162 valence electrons. The molecule has 1 aromatic carbocycles. The average Bonchev–Trinajstić information content (AvgIpc) is 3.23. The fourth-order valence-corrected chi connectivity index (χ4v) is 4.47. The molecule has 2 amide bonds. The van der Waals surface area contributed by atoms with Crippen LogP contribution < -0.4 is 19.5 Å². The minimum absolute atomic E-state index is 0.0626. The van der Waals surface area contributed by atoms with Crippen LogP contribution in [0.25, 0.3) is 0 Å². The fraction of sp³-hybridized carbons (Fsp3) is 0.455. The van der Waals surface area contributed by atoms with Crippen LogP contribution in [0.3, 0.4) is 0 Å². The average molecular weight is 433 g/mol. The molecule has 1 N–H and O–H groups in total. The highest BCUT2D eigenvalue weighted by Crippen LogP contribution is 2.38. The van der Waals surface area contributed by atoms with Crippen LogP contribution in [0.4, 0.5) is 0 Å². The summed E-state index contributed by atoms with van der Waals surface area (Å²) in [5.74, 6) is 0.684. The van der Waals surface area contributed by atoms with Gasteiger partial charge in [-0.05, 0) is 41.5 Å². The highest BCUT2D eigenvalue weighted by atomic mass is 32.1. The molecule has 0 unspecified atom stereocenters. The van der Waals surface area contributed by atoms with E-state index in [1.165, 1.54) is 31.8 Å². The Morgan fingerprint density at radius 3 is 2.33 bits per heavy atom. The third-order valence-electron chi connectivity index (χ3n) is 5.27. The van der Waals surface area contributed by atoms with Crippen molar-refractivity contribution in [3.05, 3.63) is 39.6 Å². The van der Waals surface area contributed by atoms with Crippen LogP contribution in [-0.2, 0) is 17.8 Å². The number of fused-ring (bicyclic) bond motifs is 1. The maximum atomic E-state index is 13.2. The highest BCUT2D eigenvalue weighted by molar-refractivity contribution is 7.10. The molecule has 0 saturated carbocycles. The molecule has 0 bridgehead atoms. The van der Waals surface area contributed by atoms with E-state index in [1.807, 2.05) is 18.7 Å². The zero-order valence-electron chi connectivity index (χ0n) is 18.0. The van der Waals surface area contributed by atoms with Gasteiger partial charge in [0.05, 0.1) is 21.3 Å². The second-order valence-electron chi connectivity index (χ2n) is 7.49. The van der Waals surface area contributed by atoms with Crippen molar-refractivity contribution in [2.75, 3.05) is 27.9 Å². The molecular weight excluding hydrogens is 404 g/mol. The van der Waals surface area contributed by atoms with Crippen LogP contribution >= 0.6 is 11.3 Å². The van der Waals surface area contributed by atoms with Crippen LogP contribution in [0, 0.1) is 5.92 Å². The van der Waals surface area contributed by atoms with Gasteiger partial charge < -0.3 is 24.4 Å². The number of carbonyl (C=O) groups is 2. The first kappa shape index (κ1) is 22.0. The zero-order chi connectivity index (χ0) is 21.8. The Hall–Kier alpha value is -2.74. The molecule has 0 fully saturated rings. The first-order valence-electron chi connectivity index (χ1n) is 9.84. The largest absolute Gasteiger partial charge is 0.493 e. The number of carbonyl (C=O) groups excluding carboxylic acids is 2. The van der Waals surface area contributed by atoms with Gasteiger partial charge in [-0.15, -0.1) is 11.3 Å². The quantitative estimate of drug-likeness (QED) is 0.728. The molecule has 0 aliphatic carbocycles. The number of methoxy groups -OCH3 is 3. The summed E-state index contributed by atoms with van der Waals surface area (Å²) in [5, 5.41) is 4.97. The van der Waals surface area contributed by atoms with Crippen molar-refractivity contribution < 1.29 is 23.8 Å². The Kier molecular flexibility index (Phi) is 6.87. The van der Waals surface area contributed by atoms with Crippen LogP contribution in [0.15, 0.2) is 23.6 Å². The van der Waals surface area contributed by atoms with Crippen molar-refractivity contribution in [1.82, 2.24) is 10.2 Å². The summed E-state index contributed by atoms with van der Waals surface area (Å²) in [4.78, 5) is 29.4. The second-order valence-corrected chi connectivity index (χ2v) is 8.49. The molecule has 1 aliphatic heterocycles. The summed E-state index contributed by atoms with van der Waals surface area (Å²) in [6, 6.07) is 4.60. The summed E-state index contributed by atoms with van der Waals surface area (Å²) in [6.45, 7) is 5.10. The summed E-state index contributed by atoms with van der Waals surface area (Å²) < 4.78 is 16.0. The SMILES string of the molecule is COc1cc(C(=O)N[C@H](C(=O)N2CCc3sccc3C2)C(C)C)cc(OC)c1OC. The number of hydrogen-bond donors (Lipinski definition) is 1. The second kappa shape index (κ2) is 9.38. The third-order valence-corrected chi connectivity index (χ3v) is 6.29. The monoisotopic (exact) mass is 432 g/mol. The van der Waals surface area contributed by atoms with Crippen molar-refractivity contribution in [3.8, 4) is 17.2 Å². The minimum atomic E-state index is -0.628. The molecule has 0 saturated heterocycles. The fourth-order valence-electron chi connectivity index (χ4n) is 3.58. The standard InChI is InChI=1S/C22H28N2O5S/c1-13(2)19(22(26)24-8-6-18-14(12-24)7-9-30-18)23-21(25)15-10-16(27-3)20(29-5)17(11-15)28-4/h7,9-11,13,19H,6,8,12H2,1-5H3,(H,23,25)/t19-/m0/s1. The summed E-state index contributed by atoms with van der Waals surface area (Å²) >= 11 is 1.73. The lowest BCUT2D eigenvalue weighted by atomic mass is 10.00. The zero-order valence-corrected chi connectivity index (χ0v) is 18.8. The predicted molar refractivity (Wildman–Crippen MR) is 116 cm³/mol. The third kappa shape index (κ3) is 4.38. The maximum absolute atomic E-state index is 13.2. The lowest BCUT2D eigenvalue weighted by molar-refractivity contribution is -0.135. The van der Waals surface area contributed by atoms with E-state index in [2.05, 4.69) is 16.8 Å². The van der Waals surface area contributed by atoms with Gasteiger partial charge in [-0.1, -0.05) is 13.8 Å². The molecular formula is C22H28N2O5S. The van der Waals surface area contributed by atoms with Crippen molar-refractivity contribution in [2.45, 2.75) is 32.9 Å². The summed E-state index contributed by atoms with van der Waals surface area (Å²) in [6.07, 6.45) is 0.852. The number of ether oxygens (including phenoxy) is 3. The van der Waals surface area contributed by atoms with Crippen molar-refractivity contribution in [3.63, 3.8) is 0 Å². The van der Waals surface area contributed by atoms with E-state index in [9.17, 15) is 9.59 Å². The molecule has 2 aromatic rings. The summed E-state index contributed by atoms with van der Waals surface area (Å²) in [7, 11) is 4.49. The Bertz CT molecular complexity index is 899. The molecule has 1 aromatic heterocycles. The van der Waals surface area contributed by atoms with Gasteiger partial charge in [0.2, 0.25) is 11.7 Å². The van der Waals surface area contributed by atoms with Gasteiger partial charge in [0.15, 0.2) is 11.5 Å². The molecule has 0 radical (unpaired) electrons. The number of rotatable bonds is 7. The van der Waals surface area contributed by atoms with Gasteiger partial charge in [0, 0.05) is 23.5 Å². The van der Waals surface area contributed by atoms with Gasteiger partial charge in [-0.3, -0.25) is 9.59 Å². The molecule has 8 heteroatoms. The number of nitrogens with one attached hydrogen (secondary N) is 1. The van der Waals surface area contributed by atoms with E-state index < -0.39 is 6.04 Å². The molecule has 7 nitrogen and oxygen atoms in total. The smallest absolute Gasteiger partial charge is 0.252 e. The molecule has 0 spiro atoms.